The van der Waals surface area contributed by atoms with Crippen LogP contribution in [0.25, 0.3) is 5.65 Å². The van der Waals surface area contributed by atoms with Crippen LogP contribution in [0.4, 0.5) is 5.82 Å². The van der Waals surface area contributed by atoms with Gasteiger partial charge in [-0.2, -0.15) is 4.52 Å². The van der Waals surface area contributed by atoms with Crippen LogP contribution in [0.2, 0.25) is 0 Å². The van der Waals surface area contributed by atoms with Crippen LogP contribution in [-0.2, 0) is 10.2 Å². The maximum Gasteiger partial charge on any atom is 0.223 e. The summed E-state index contributed by atoms with van der Waals surface area (Å²) in [6, 6.07) is 3.82. The number of fused-ring (bicyclic) bond motifs is 1. The Labute approximate surface area is 142 Å². The molecular formula is C17H26N6O. The summed E-state index contributed by atoms with van der Waals surface area (Å²) >= 11 is 0. The molecule has 130 valence electrons. The van der Waals surface area contributed by atoms with E-state index in [2.05, 4.69) is 46.7 Å². The molecule has 1 aliphatic carbocycles. The van der Waals surface area contributed by atoms with E-state index in [1.807, 2.05) is 12.1 Å². The molecule has 7 nitrogen and oxygen atoms in total. The van der Waals surface area contributed by atoms with Gasteiger partial charge in [0.15, 0.2) is 11.5 Å². The highest BCUT2D eigenvalue weighted by Gasteiger charge is 2.24. The molecule has 1 amide bonds. The second-order valence-corrected chi connectivity index (χ2v) is 7.46. The molecule has 1 aliphatic rings. The van der Waals surface area contributed by atoms with Crippen molar-refractivity contribution < 1.29 is 4.79 Å². The fourth-order valence-electron chi connectivity index (χ4n) is 2.68. The molecule has 0 radical (unpaired) electrons. The zero-order chi connectivity index (χ0) is 17.2. The first kappa shape index (κ1) is 16.7. The lowest BCUT2D eigenvalue weighted by Gasteiger charge is -2.24. The zero-order valence-electron chi connectivity index (χ0n) is 14.7. The lowest BCUT2D eigenvalue weighted by Crippen LogP contribution is -2.35. The lowest BCUT2D eigenvalue weighted by molar-refractivity contribution is -0.127. The van der Waals surface area contributed by atoms with Gasteiger partial charge in [-0.05, 0) is 31.4 Å². The minimum atomic E-state index is -0.114. The molecule has 0 bridgehead atoms. The first-order chi connectivity index (χ1) is 11.4. The van der Waals surface area contributed by atoms with E-state index >= 15 is 0 Å². The molecule has 3 rings (SSSR count). The van der Waals surface area contributed by atoms with Gasteiger partial charge < -0.3 is 10.6 Å². The minimum absolute atomic E-state index is 0.114. The van der Waals surface area contributed by atoms with Gasteiger partial charge >= 0.3 is 0 Å². The molecule has 0 saturated heterocycles. The van der Waals surface area contributed by atoms with Crippen LogP contribution in [0.5, 0.6) is 0 Å². The number of carbonyl (C=O) groups excluding carboxylic acids is 1. The Bertz CT molecular complexity index is 713. The van der Waals surface area contributed by atoms with E-state index in [1.165, 1.54) is 6.42 Å². The molecule has 7 heteroatoms. The fourth-order valence-corrected chi connectivity index (χ4v) is 2.68. The summed E-state index contributed by atoms with van der Waals surface area (Å²) in [5.74, 6) is 2.10. The van der Waals surface area contributed by atoms with Gasteiger partial charge in [0.1, 0.15) is 5.82 Å². The van der Waals surface area contributed by atoms with Crippen LogP contribution >= 0.6 is 0 Å². The average molecular weight is 330 g/mol. The van der Waals surface area contributed by atoms with Crippen molar-refractivity contribution in [3.05, 3.63) is 18.0 Å². The summed E-state index contributed by atoms with van der Waals surface area (Å²) in [4.78, 5) is 11.7. The Kier molecular flexibility index (Phi) is 4.69. The normalized spacial score (nSPS) is 15.3. The van der Waals surface area contributed by atoms with Crippen molar-refractivity contribution in [2.24, 2.45) is 5.92 Å². The van der Waals surface area contributed by atoms with E-state index in [-0.39, 0.29) is 17.2 Å². The summed E-state index contributed by atoms with van der Waals surface area (Å²) < 4.78 is 1.79. The second kappa shape index (κ2) is 6.75. The minimum Gasteiger partial charge on any atom is -0.369 e. The van der Waals surface area contributed by atoms with E-state index in [1.54, 1.807) is 4.52 Å². The summed E-state index contributed by atoms with van der Waals surface area (Å²) in [5, 5.41) is 19.3. The van der Waals surface area contributed by atoms with Crippen molar-refractivity contribution in [1.82, 2.24) is 25.1 Å². The molecule has 2 N–H and O–H groups in total. The molecular weight excluding hydrogens is 304 g/mol. The van der Waals surface area contributed by atoms with Gasteiger partial charge in [-0.15, -0.1) is 15.3 Å². The van der Waals surface area contributed by atoms with Crippen molar-refractivity contribution in [3.63, 3.8) is 0 Å². The Morgan fingerprint density at radius 1 is 1.25 bits per heavy atom. The highest BCUT2D eigenvalue weighted by molar-refractivity contribution is 5.79. The number of carbonyl (C=O) groups is 1. The van der Waals surface area contributed by atoms with Gasteiger partial charge in [0.25, 0.3) is 0 Å². The molecule has 1 saturated carbocycles. The van der Waals surface area contributed by atoms with Gasteiger partial charge in [-0.25, -0.2) is 0 Å². The average Bonchev–Trinajstić information content (AvgIpc) is 2.88. The summed E-state index contributed by atoms with van der Waals surface area (Å²) in [5.41, 5.74) is 0.634. The number of rotatable bonds is 6. The number of nitrogens with zero attached hydrogens (tertiary/aromatic N) is 4. The van der Waals surface area contributed by atoms with Crippen LogP contribution in [0, 0.1) is 5.92 Å². The van der Waals surface area contributed by atoms with Crippen LogP contribution in [0.1, 0.15) is 52.3 Å². The van der Waals surface area contributed by atoms with E-state index in [4.69, 9.17) is 0 Å². The van der Waals surface area contributed by atoms with E-state index in [9.17, 15) is 4.79 Å². The van der Waals surface area contributed by atoms with Gasteiger partial charge in [0, 0.05) is 24.4 Å². The number of hydrogen-bond donors (Lipinski definition) is 2. The Balaban J connectivity index is 1.51. The largest absolute Gasteiger partial charge is 0.369 e. The predicted octanol–water partition coefficient (Wildman–Crippen LogP) is 2.14. The first-order valence-electron chi connectivity index (χ1n) is 8.70. The topological polar surface area (TPSA) is 84.2 Å². The van der Waals surface area contributed by atoms with Crippen LogP contribution in [0.3, 0.4) is 0 Å². The molecule has 0 aromatic carbocycles. The predicted molar refractivity (Wildman–Crippen MR) is 92.9 cm³/mol. The monoisotopic (exact) mass is 330 g/mol. The van der Waals surface area contributed by atoms with Crippen molar-refractivity contribution in [3.8, 4) is 0 Å². The van der Waals surface area contributed by atoms with Crippen molar-refractivity contribution in [2.75, 3.05) is 18.4 Å². The number of aromatic nitrogens is 4. The van der Waals surface area contributed by atoms with Gasteiger partial charge in [0.2, 0.25) is 5.91 Å². The second-order valence-electron chi connectivity index (χ2n) is 7.46. The van der Waals surface area contributed by atoms with Crippen molar-refractivity contribution in [1.29, 1.82) is 0 Å². The van der Waals surface area contributed by atoms with Gasteiger partial charge in [-0.1, -0.05) is 27.2 Å². The SMILES string of the molecule is CC(C)(C)c1nnc2ccc(NCCCNC(=O)C3CCC3)nn12. The number of nitrogens with one attached hydrogen (secondary N) is 2. The summed E-state index contributed by atoms with van der Waals surface area (Å²) in [7, 11) is 0. The molecule has 1 fully saturated rings. The van der Waals surface area contributed by atoms with E-state index in [0.29, 0.717) is 6.54 Å². The summed E-state index contributed by atoms with van der Waals surface area (Å²) in [6.45, 7) is 7.74. The summed E-state index contributed by atoms with van der Waals surface area (Å²) in [6.07, 6.45) is 4.14. The molecule has 0 spiro atoms. The number of amides is 1. The maximum atomic E-state index is 11.7. The Hall–Kier alpha value is -2.18. The highest BCUT2D eigenvalue weighted by Crippen LogP contribution is 2.26. The smallest absolute Gasteiger partial charge is 0.223 e. The van der Waals surface area contributed by atoms with Gasteiger partial charge in [-0.3, -0.25) is 4.79 Å². The van der Waals surface area contributed by atoms with E-state index in [0.717, 1.165) is 43.1 Å². The molecule has 2 aromatic rings. The van der Waals surface area contributed by atoms with Crippen LogP contribution < -0.4 is 10.6 Å². The molecule has 2 aromatic heterocycles. The fraction of sp³-hybridized carbons (Fsp3) is 0.647. The molecule has 0 aliphatic heterocycles. The lowest BCUT2D eigenvalue weighted by atomic mass is 9.85. The molecule has 0 atom stereocenters. The Morgan fingerprint density at radius 3 is 2.71 bits per heavy atom. The maximum absolute atomic E-state index is 11.7. The molecule has 2 heterocycles. The quantitative estimate of drug-likeness (QED) is 0.793. The highest BCUT2D eigenvalue weighted by atomic mass is 16.1. The van der Waals surface area contributed by atoms with Gasteiger partial charge in [0.05, 0.1) is 0 Å². The molecule has 0 unspecified atom stereocenters. The molecule has 24 heavy (non-hydrogen) atoms. The standard InChI is InChI=1S/C17H26N6O/c1-17(2,3)16-21-20-14-9-8-13(22-23(14)16)18-10-5-11-19-15(24)12-6-4-7-12/h8-9,12H,4-7,10-11H2,1-3H3,(H,18,22)(H,19,24). The van der Waals surface area contributed by atoms with Crippen molar-refractivity contribution in [2.45, 2.75) is 51.9 Å². The van der Waals surface area contributed by atoms with Crippen LogP contribution in [0.15, 0.2) is 12.1 Å². The van der Waals surface area contributed by atoms with Crippen molar-refractivity contribution >= 4 is 17.4 Å². The number of hydrogen-bond acceptors (Lipinski definition) is 5. The van der Waals surface area contributed by atoms with E-state index < -0.39 is 0 Å². The van der Waals surface area contributed by atoms with Crippen LogP contribution in [-0.4, -0.2) is 38.8 Å². The first-order valence-corrected chi connectivity index (χ1v) is 8.70. The number of anilines is 1. The third-order valence-electron chi connectivity index (χ3n) is 4.37. The third-order valence-corrected chi connectivity index (χ3v) is 4.37. The Morgan fingerprint density at radius 2 is 2.04 bits per heavy atom. The third kappa shape index (κ3) is 3.66. The zero-order valence-corrected chi connectivity index (χ0v) is 14.7.